The third-order valence-corrected chi connectivity index (χ3v) is 3.64. The van der Waals surface area contributed by atoms with Gasteiger partial charge in [-0.15, -0.1) is 0 Å². The highest BCUT2D eigenvalue weighted by Crippen LogP contribution is 2.41. The zero-order valence-electron chi connectivity index (χ0n) is 9.53. The molecule has 0 amide bonds. The standard InChI is InChI=1S/C12H19NO2/c1-8(9-5-4-6-15-9)13-10-7-11(14)12(10,2)3/h4-6,8,10-11,13-14H,7H2,1-3H3/t8-,10?,11?/m1/s1. The van der Waals surface area contributed by atoms with E-state index < -0.39 is 0 Å². The van der Waals surface area contributed by atoms with Gasteiger partial charge in [0.1, 0.15) is 5.76 Å². The molecule has 0 aromatic carbocycles. The minimum atomic E-state index is -0.182. The van der Waals surface area contributed by atoms with Crippen LogP contribution >= 0.6 is 0 Å². The summed E-state index contributed by atoms with van der Waals surface area (Å²) in [7, 11) is 0. The molecule has 2 unspecified atom stereocenters. The van der Waals surface area contributed by atoms with Gasteiger partial charge in [-0.05, 0) is 25.5 Å². The normalized spacial score (nSPS) is 30.9. The fourth-order valence-corrected chi connectivity index (χ4v) is 2.11. The maximum absolute atomic E-state index is 9.63. The molecule has 1 aromatic heterocycles. The van der Waals surface area contributed by atoms with Crippen molar-refractivity contribution in [1.29, 1.82) is 0 Å². The highest BCUT2D eigenvalue weighted by Gasteiger charge is 2.47. The van der Waals surface area contributed by atoms with Crippen LogP contribution in [0.15, 0.2) is 22.8 Å². The molecule has 3 atom stereocenters. The summed E-state index contributed by atoms with van der Waals surface area (Å²) < 4.78 is 5.33. The Bertz CT molecular complexity index is 318. The molecule has 1 saturated carbocycles. The van der Waals surface area contributed by atoms with Gasteiger partial charge >= 0.3 is 0 Å². The van der Waals surface area contributed by atoms with E-state index in [1.54, 1.807) is 6.26 Å². The molecule has 0 spiro atoms. The van der Waals surface area contributed by atoms with Crippen molar-refractivity contribution < 1.29 is 9.52 Å². The van der Waals surface area contributed by atoms with Gasteiger partial charge in [0, 0.05) is 11.5 Å². The van der Waals surface area contributed by atoms with E-state index in [0.717, 1.165) is 12.2 Å². The molecular formula is C12H19NO2. The Morgan fingerprint density at radius 2 is 2.33 bits per heavy atom. The summed E-state index contributed by atoms with van der Waals surface area (Å²) >= 11 is 0. The van der Waals surface area contributed by atoms with Gasteiger partial charge in [-0.25, -0.2) is 0 Å². The lowest BCUT2D eigenvalue weighted by atomic mass is 9.64. The molecular weight excluding hydrogens is 190 g/mol. The van der Waals surface area contributed by atoms with E-state index in [4.69, 9.17) is 4.42 Å². The Kier molecular flexibility index (Phi) is 2.61. The highest BCUT2D eigenvalue weighted by molar-refractivity contribution is 5.07. The molecule has 0 radical (unpaired) electrons. The van der Waals surface area contributed by atoms with E-state index >= 15 is 0 Å². The molecule has 0 aliphatic heterocycles. The summed E-state index contributed by atoms with van der Waals surface area (Å²) in [6.07, 6.45) is 2.34. The van der Waals surface area contributed by atoms with Gasteiger partial charge in [-0.1, -0.05) is 13.8 Å². The minimum Gasteiger partial charge on any atom is -0.468 e. The van der Waals surface area contributed by atoms with Crippen LogP contribution < -0.4 is 5.32 Å². The van der Waals surface area contributed by atoms with Gasteiger partial charge in [0.2, 0.25) is 0 Å². The third kappa shape index (κ3) is 1.82. The largest absolute Gasteiger partial charge is 0.468 e. The van der Waals surface area contributed by atoms with Crippen LogP contribution in [0.1, 0.15) is 39.0 Å². The van der Waals surface area contributed by atoms with Crippen molar-refractivity contribution >= 4 is 0 Å². The van der Waals surface area contributed by atoms with Crippen molar-refractivity contribution in [3.63, 3.8) is 0 Å². The van der Waals surface area contributed by atoms with Crippen molar-refractivity contribution in [3.8, 4) is 0 Å². The first kappa shape index (κ1) is 10.7. The predicted molar refractivity (Wildman–Crippen MR) is 58.5 cm³/mol. The maximum Gasteiger partial charge on any atom is 0.120 e. The maximum atomic E-state index is 9.63. The number of hydrogen-bond acceptors (Lipinski definition) is 3. The first-order valence-corrected chi connectivity index (χ1v) is 5.49. The molecule has 3 heteroatoms. The molecule has 1 aliphatic rings. The van der Waals surface area contributed by atoms with Crippen LogP contribution in [0, 0.1) is 5.41 Å². The summed E-state index contributed by atoms with van der Waals surface area (Å²) in [6.45, 7) is 6.26. The van der Waals surface area contributed by atoms with Crippen LogP contribution in [-0.2, 0) is 0 Å². The first-order chi connectivity index (χ1) is 7.01. The van der Waals surface area contributed by atoms with Gasteiger partial charge < -0.3 is 14.8 Å². The van der Waals surface area contributed by atoms with E-state index in [-0.39, 0.29) is 17.6 Å². The third-order valence-electron chi connectivity index (χ3n) is 3.64. The van der Waals surface area contributed by atoms with Gasteiger partial charge in [-0.2, -0.15) is 0 Å². The zero-order valence-corrected chi connectivity index (χ0v) is 9.53. The summed E-state index contributed by atoms with van der Waals surface area (Å²) in [5.41, 5.74) is -0.0269. The second-order valence-electron chi connectivity index (χ2n) is 5.03. The Hall–Kier alpha value is -0.800. The Balaban J connectivity index is 1.94. The van der Waals surface area contributed by atoms with E-state index in [2.05, 4.69) is 26.1 Å². The first-order valence-electron chi connectivity index (χ1n) is 5.49. The Morgan fingerprint density at radius 1 is 1.60 bits per heavy atom. The number of aliphatic hydroxyl groups is 1. The van der Waals surface area contributed by atoms with Crippen molar-refractivity contribution in [2.24, 2.45) is 5.41 Å². The van der Waals surface area contributed by atoms with E-state index in [1.807, 2.05) is 12.1 Å². The summed E-state index contributed by atoms with van der Waals surface area (Å²) in [6, 6.07) is 4.44. The number of nitrogens with one attached hydrogen (secondary N) is 1. The van der Waals surface area contributed by atoms with Crippen LogP contribution in [0.4, 0.5) is 0 Å². The summed E-state index contributed by atoms with van der Waals surface area (Å²) in [4.78, 5) is 0. The minimum absolute atomic E-state index is 0.0269. The van der Waals surface area contributed by atoms with Crippen LogP contribution in [0.25, 0.3) is 0 Å². The smallest absolute Gasteiger partial charge is 0.120 e. The van der Waals surface area contributed by atoms with Gasteiger partial charge in [0.15, 0.2) is 0 Å². The fourth-order valence-electron chi connectivity index (χ4n) is 2.11. The lowest BCUT2D eigenvalue weighted by Gasteiger charge is -2.50. The lowest BCUT2D eigenvalue weighted by molar-refractivity contribution is -0.0760. The molecule has 3 nitrogen and oxygen atoms in total. The summed E-state index contributed by atoms with van der Waals surface area (Å²) in [5.74, 6) is 0.951. The molecule has 0 bridgehead atoms. The zero-order chi connectivity index (χ0) is 11.1. The molecule has 1 fully saturated rings. The molecule has 0 saturated heterocycles. The van der Waals surface area contributed by atoms with Crippen molar-refractivity contribution in [2.45, 2.75) is 45.4 Å². The second kappa shape index (κ2) is 3.65. The molecule has 15 heavy (non-hydrogen) atoms. The molecule has 1 heterocycles. The monoisotopic (exact) mass is 209 g/mol. The quantitative estimate of drug-likeness (QED) is 0.801. The fraction of sp³-hybridized carbons (Fsp3) is 0.667. The molecule has 1 aromatic rings. The average molecular weight is 209 g/mol. The molecule has 2 rings (SSSR count). The van der Waals surface area contributed by atoms with E-state index in [0.29, 0.717) is 6.04 Å². The van der Waals surface area contributed by atoms with Gasteiger partial charge in [-0.3, -0.25) is 0 Å². The Morgan fingerprint density at radius 3 is 2.80 bits per heavy atom. The van der Waals surface area contributed by atoms with Crippen LogP contribution in [-0.4, -0.2) is 17.3 Å². The van der Waals surface area contributed by atoms with Crippen molar-refractivity contribution in [3.05, 3.63) is 24.2 Å². The average Bonchev–Trinajstić information content (AvgIpc) is 2.70. The second-order valence-corrected chi connectivity index (χ2v) is 5.03. The number of furan rings is 1. The van der Waals surface area contributed by atoms with Gasteiger partial charge in [0.05, 0.1) is 18.4 Å². The van der Waals surface area contributed by atoms with Crippen molar-refractivity contribution in [1.82, 2.24) is 5.32 Å². The van der Waals surface area contributed by atoms with E-state index in [9.17, 15) is 5.11 Å². The lowest BCUT2D eigenvalue weighted by Crippen LogP contribution is -2.60. The van der Waals surface area contributed by atoms with Crippen LogP contribution in [0.3, 0.4) is 0 Å². The predicted octanol–water partition coefficient (Wildman–Crippen LogP) is 2.09. The molecule has 1 aliphatic carbocycles. The highest BCUT2D eigenvalue weighted by atomic mass is 16.3. The Labute approximate surface area is 90.5 Å². The number of rotatable bonds is 3. The molecule has 84 valence electrons. The van der Waals surface area contributed by atoms with Gasteiger partial charge in [0.25, 0.3) is 0 Å². The topological polar surface area (TPSA) is 45.4 Å². The van der Waals surface area contributed by atoms with Crippen LogP contribution in [0.5, 0.6) is 0 Å². The van der Waals surface area contributed by atoms with E-state index in [1.165, 1.54) is 0 Å². The SMILES string of the molecule is C[C@@H](NC1CC(O)C1(C)C)c1ccco1. The number of hydrogen-bond donors (Lipinski definition) is 2. The van der Waals surface area contributed by atoms with Crippen molar-refractivity contribution in [2.75, 3.05) is 0 Å². The summed E-state index contributed by atoms with van der Waals surface area (Å²) in [5, 5.41) is 13.1. The van der Waals surface area contributed by atoms with Crippen LogP contribution in [0.2, 0.25) is 0 Å². The molecule has 2 N–H and O–H groups in total. The number of aliphatic hydroxyl groups excluding tert-OH is 1.